The van der Waals surface area contributed by atoms with Gasteiger partial charge >= 0.3 is 0 Å². The minimum atomic E-state index is 0.704. The molecule has 1 aromatic rings. The van der Waals surface area contributed by atoms with Crippen molar-refractivity contribution in [2.24, 2.45) is 5.92 Å². The van der Waals surface area contributed by atoms with Crippen molar-refractivity contribution in [3.05, 3.63) is 42.0 Å². The lowest BCUT2D eigenvalue weighted by atomic mass is 10.1. The molecule has 0 aliphatic heterocycles. The molecule has 0 saturated heterocycles. The van der Waals surface area contributed by atoms with E-state index in [1.54, 1.807) is 0 Å². The van der Waals surface area contributed by atoms with Crippen molar-refractivity contribution in [3.63, 3.8) is 0 Å². The highest BCUT2D eigenvalue weighted by Gasteiger charge is 1.99. The van der Waals surface area contributed by atoms with Crippen LogP contribution in [0.25, 0.3) is 6.08 Å². The summed E-state index contributed by atoms with van der Waals surface area (Å²) in [5.41, 5.74) is 1.23. The first-order valence-electron chi connectivity index (χ1n) is 6.18. The molecule has 0 aliphatic carbocycles. The predicted octanol–water partition coefficient (Wildman–Crippen LogP) is 4.53. The zero-order valence-corrected chi connectivity index (χ0v) is 12.0. The molecule has 0 heterocycles. The average molecular weight is 297 g/mol. The van der Waals surface area contributed by atoms with Crippen LogP contribution >= 0.6 is 15.9 Å². The molecule has 94 valence electrons. The van der Waals surface area contributed by atoms with Crippen molar-refractivity contribution in [1.82, 2.24) is 0 Å². The summed E-state index contributed by atoms with van der Waals surface area (Å²) in [5.74, 6) is 0.743. The SMILES string of the molecule is CC(CCBr)CCOCC=Cc1ccccc1. The summed E-state index contributed by atoms with van der Waals surface area (Å²) in [6.45, 7) is 3.83. The second-order valence-electron chi connectivity index (χ2n) is 4.26. The van der Waals surface area contributed by atoms with Crippen LogP contribution in [0.3, 0.4) is 0 Å². The van der Waals surface area contributed by atoms with E-state index in [2.05, 4.69) is 47.1 Å². The topological polar surface area (TPSA) is 9.23 Å². The third kappa shape index (κ3) is 7.35. The van der Waals surface area contributed by atoms with E-state index < -0.39 is 0 Å². The molecule has 1 atom stereocenters. The molecule has 1 nitrogen and oxygen atoms in total. The zero-order chi connectivity index (χ0) is 12.3. The van der Waals surface area contributed by atoms with Gasteiger partial charge in [-0.2, -0.15) is 0 Å². The smallest absolute Gasteiger partial charge is 0.0650 e. The Morgan fingerprint density at radius 1 is 1.24 bits per heavy atom. The number of benzene rings is 1. The molecule has 0 saturated carbocycles. The lowest BCUT2D eigenvalue weighted by molar-refractivity contribution is 0.147. The molecule has 0 amide bonds. The van der Waals surface area contributed by atoms with E-state index in [1.807, 2.05) is 18.2 Å². The van der Waals surface area contributed by atoms with E-state index in [0.29, 0.717) is 6.61 Å². The van der Waals surface area contributed by atoms with Gasteiger partial charge in [0.2, 0.25) is 0 Å². The molecule has 1 rings (SSSR count). The average Bonchev–Trinajstić information content (AvgIpc) is 2.35. The van der Waals surface area contributed by atoms with Crippen LogP contribution in [0.4, 0.5) is 0 Å². The maximum atomic E-state index is 5.57. The number of halogens is 1. The van der Waals surface area contributed by atoms with E-state index in [-0.39, 0.29) is 0 Å². The Bertz CT molecular complexity index is 308. The first-order valence-corrected chi connectivity index (χ1v) is 7.30. The number of ether oxygens (including phenoxy) is 1. The Hall–Kier alpha value is -0.600. The molecule has 2 heteroatoms. The van der Waals surface area contributed by atoms with Crippen molar-refractivity contribution in [1.29, 1.82) is 0 Å². The lowest BCUT2D eigenvalue weighted by Gasteiger charge is -2.08. The van der Waals surface area contributed by atoms with Crippen LogP contribution in [0.5, 0.6) is 0 Å². The number of hydrogen-bond acceptors (Lipinski definition) is 1. The lowest BCUT2D eigenvalue weighted by Crippen LogP contribution is -2.02. The standard InChI is InChI=1S/C15H21BrO/c1-14(9-11-16)10-13-17-12-5-8-15-6-3-2-4-7-15/h2-8,14H,9-13H2,1H3. The fourth-order valence-electron chi connectivity index (χ4n) is 1.51. The Morgan fingerprint density at radius 3 is 2.71 bits per heavy atom. The second-order valence-corrected chi connectivity index (χ2v) is 5.05. The molecule has 17 heavy (non-hydrogen) atoms. The third-order valence-electron chi connectivity index (χ3n) is 2.68. The minimum Gasteiger partial charge on any atom is -0.377 e. The van der Waals surface area contributed by atoms with Gasteiger partial charge in [0, 0.05) is 11.9 Å². The van der Waals surface area contributed by atoms with Gasteiger partial charge in [0.05, 0.1) is 6.61 Å². The van der Waals surface area contributed by atoms with Gasteiger partial charge in [-0.25, -0.2) is 0 Å². The van der Waals surface area contributed by atoms with Gasteiger partial charge in [-0.3, -0.25) is 0 Å². The van der Waals surface area contributed by atoms with Gasteiger partial charge in [0.25, 0.3) is 0 Å². The van der Waals surface area contributed by atoms with Crippen molar-refractivity contribution >= 4 is 22.0 Å². The van der Waals surface area contributed by atoms with Gasteiger partial charge in [0.1, 0.15) is 0 Å². The van der Waals surface area contributed by atoms with Crippen molar-refractivity contribution in [3.8, 4) is 0 Å². The van der Waals surface area contributed by atoms with Gasteiger partial charge in [-0.15, -0.1) is 0 Å². The fraction of sp³-hybridized carbons (Fsp3) is 0.467. The first-order chi connectivity index (χ1) is 8.33. The fourth-order valence-corrected chi connectivity index (χ4v) is 2.30. The third-order valence-corrected chi connectivity index (χ3v) is 3.14. The molecule has 0 radical (unpaired) electrons. The van der Waals surface area contributed by atoms with Crippen LogP contribution in [0, 0.1) is 5.92 Å². The van der Waals surface area contributed by atoms with Crippen LogP contribution < -0.4 is 0 Å². The normalized spacial score (nSPS) is 13.1. The zero-order valence-electron chi connectivity index (χ0n) is 10.4. The molecule has 0 fully saturated rings. The Balaban J connectivity index is 2.06. The summed E-state index contributed by atoms with van der Waals surface area (Å²) in [7, 11) is 0. The molecule has 0 bridgehead atoms. The van der Waals surface area contributed by atoms with E-state index in [1.165, 1.54) is 12.0 Å². The molecule has 1 aromatic carbocycles. The largest absolute Gasteiger partial charge is 0.377 e. The van der Waals surface area contributed by atoms with Crippen molar-refractivity contribution in [2.75, 3.05) is 18.5 Å². The van der Waals surface area contributed by atoms with Gasteiger partial charge < -0.3 is 4.74 Å². The molecule has 0 aliphatic rings. The Kier molecular flexibility index (Phi) is 8.02. The number of hydrogen-bond donors (Lipinski definition) is 0. The summed E-state index contributed by atoms with van der Waals surface area (Å²) in [5, 5.41) is 1.09. The molecule has 0 aromatic heterocycles. The van der Waals surface area contributed by atoms with Crippen molar-refractivity contribution in [2.45, 2.75) is 19.8 Å². The highest BCUT2D eigenvalue weighted by molar-refractivity contribution is 9.09. The molecule has 1 unspecified atom stereocenters. The molecular weight excluding hydrogens is 276 g/mol. The molecule has 0 N–H and O–H groups in total. The number of rotatable bonds is 8. The summed E-state index contributed by atoms with van der Waals surface area (Å²) in [4.78, 5) is 0. The highest BCUT2D eigenvalue weighted by atomic mass is 79.9. The summed E-state index contributed by atoms with van der Waals surface area (Å²) in [6, 6.07) is 10.3. The van der Waals surface area contributed by atoms with E-state index >= 15 is 0 Å². The van der Waals surface area contributed by atoms with E-state index in [4.69, 9.17) is 4.74 Å². The van der Waals surface area contributed by atoms with Crippen LogP contribution in [-0.2, 0) is 4.74 Å². The van der Waals surface area contributed by atoms with Crippen LogP contribution in [0.15, 0.2) is 36.4 Å². The van der Waals surface area contributed by atoms with E-state index in [0.717, 1.165) is 24.3 Å². The summed E-state index contributed by atoms with van der Waals surface area (Å²) in [6.07, 6.45) is 6.54. The van der Waals surface area contributed by atoms with Crippen LogP contribution in [0.2, 0.25) is 0 Å². The number of alkyl halides is 1. The Labute approximate surface area is 113 Å². The monoisotopic (exact) mass is 296 g/mol. The predicted molar refractivity (Wildman–Crippen MR) is 78.5 cm³/mol. The van der Waals surface area contributed by atoms with Gasteiger partial charge in [-0.05, 0) is 24.3 Å². The van der Waals surface area contributed by atoms with E-state index in [9.17, 15) is 0 Å². The summed E-state index contributed by atoms with van der Waals surface area (Å²) >= 11 is 3.46. The van der Waals surface area contributed by atoms with Crippen LogP contribution in [-0.4, -0.2) is 18.5 Å². The maximum absolute atomic E-state index is 5.57. The van der Waals surface area contributed by atoms with Crippen LogP contribution in [0.1, 0.15) is 25.3 Å². The first kappa shape index (κ1) is 14.5. The molecular formula is C15H21BrO. The minimum absolute atomic E-state index is 0.704. The Morgan fingerprint density at radius 2 is 2.00 bits per heavy atom. The van der Waals surface area contributed by atoms with Crippen molar-refractivity contribution < 1.29 is 4.74 Å². The highest BCUT2D eigenvalue weighted by Crippen LogP contribution is 2.09. The maximum Gasteiger partial charge on any atom is 0.0650 e. The summed E-state index contributed by atoms with van der Waals surface area (Å²) < 4.78 is 5.57. The van der Waals surface area contributed by atoms with Gasteiger partial charge in [0.15, 0.2) is 0 Å². The molecule has 0 spiro atoms. The quantitative estimate of drug-likeness (QED) is 0.506. The van der Waals surface area contributed by atoms with Gasteiger partial charge in [-0.1, -0.05) is 65.3 Å². The second kappa shape index (κ2) is 9.43.